The number of rotatable bonds is 2. The first-order valence-electron chi connectivity index (χ1n) is 6.05. The van der Waals surface area contributed by atoms with Crippen LogP contribution in [0.3, 0.4) is 0 Å². The van der Waals surface area contributed by atoms with Gasteiger partial charge in [-0.05, 0) is 30.7 Å². The lowest BCUT2D eigenvalue weighted by atomic mass is 10.2. The van der Waals surface area contributed by atoms with Gasteiger partial charge in [-0.1, -0.05) is 6.92 Å². The Bertz CT molecular complexity index is 567. The zero-order valence-electron chi connectivity index (χ0n) is 10.1. The van der Waals surface area contributed by atoms with Gasteiger partial charge in [-0.3, -0.25) is 0 Å². The Kier molecular flexibility index (Phi) is 2.96. The molecule has 1 aliphatic heterocycles. The molecule has 0 amide bonds. The van der Waals surface area contributed by atoms with Crippen molar-refractivity contribution in [1.82, 2.24) is 0 Å². The van der Waals surface area contributed by atoms with Crippen LogP contribution < -0.4 is 10.1 Å². The molecule has 1 atom stereocenters. The van der Waals surface area contributed by atoms with Gasteiger partial charge in [0, 0.05) is 15.8 Å². The Labute approximate surface area is 109 Å². The topological polar surface area (TPSA) is 21.3 Å². The van der Waals surface area contributed by atoms with Gasteiger partial charge in [0.2, 0.25) is 0 Å². The Morgan fingerprint density at radius 3 is 3.06 bits per heavy atom. The predicted molar refractivity (Wildman–Crippen MR) is 72.0 cm³/mol. The quantitative estimate of drug-likeness (QED) is 0.884. The van der Waals surface area contributed by atoms with Gasteiger partial charge < -0.3 is 10.1 Å². The van der Waals surface area contributed by atoms with E-state index in [9.17, 15) is 4.39 Å². The zero-order valence-corrected chi connectivity index (χ0v) is 10.9. The second-order valence-electron chi connectivity index (χ2n) is 4.29. The average Bonchev–Trinajstić information content (AvgIpc) is 2.87. The fourth-order valence-corrected chi connectivity index (χ4v) is 3.04. The summed E-state index contributed by atoms with van der Waals surface area (Å²) in [6, 6.07) is 8.83. The van der Waals surface area contributed by atoms with Crippen LogP contribution in [0.5, 0.6) is 5.75 Å². The van der Waals surface area contributed by atoms with Crippen LogP contribution in [0.1, 0.15) is 22.8 Å². The first-order valence-corrected chi connectivity index (χ1v) is 6.86. The highest BCUT2D eigenvalue weighted by Crippen LogP contribution is 2.36. The molecule has 0 saturated heterocycles. The van der Waals surface area contributed by atoms with Gasteiger partial charge in [-0.25, -0.2) is 4.39 Å². The molecule has 18 heavy (non-hydrogen) atoms. The second-order valence-corrected chi connectivity index (χ2v) is 5.49. The minimum Gasteiger partial charge on any atom is -0.481 e. The largest absolute Gasteiger partial charge is 0.481 e. The maximum absolute atomic E-state index is 13.1. The van der Waals surface area contributed by atoms with Gasteiger partial charge in [0.15, 0.2) is 6.10 Å². The number of halogens is 1. The Balaban J connectivity index is 1.84. The molecule has 1 aliphatic rings. The fourth-order valence-electron chi connectivity index (χ4n) is 2.06. The van der Waals surface area contributed by atoms with Crippen molar-refractivity contribution in [1.29, 1.82) is 0 Å². The number of fused-ring (bicyclic) bond motifs is 1. The zero-order chi connectivity index (χ0) is 12.5. The van der Waals surface area contributed by atoms with Gasteiger partial charge in [0.05, 0.1) is 12.2 Å². The number of hydrogen-bond donors (Lipinski definition) is 1. The molecule has 0 radical (unpaired) electrons. The molecular weight excluding hydrogens is 249 g/mol. The Morgan fingerprint density at radius 2 is 2.28 bits per heavy atom. The SMILES string of the molecule is CCc1ccc(C2CNc3cc(F)ccc3O2)s1. The third-order valence-electron chi connectivity index (χ3n) is 3.04. The molecule has 0 spiro atoms. The average molecular weight is 263 g/mol. The summed E-state index contributed by atoms with van der Waals surface area (Å²) in [6.45, 7) is 2.83. The van der Waals surface area contributed by atoms with Crippen molar-refractivity contribution in [2.45, 2.75) is 19.4 Å². The molecular formula is C14H14FNOS. The van der Waals surface area contributed by atoms with Crippen molar-refractivity contribution in [3.05, 3.63) is 45.9 Å². The van der Waals surface area contributed by atoms with Crippen LogP contribution in [0.15, 0.2) is 30.3 Å². The number of aryl methyl sites for hydroxylation is 1. The standard InChI is InChI=1S/C14H14FNOS/c1-2-10-4-6-14(18-10)13-8-16-11-7-9(15)3-5-12(11)17-13/h3-7,13,16H,2,8H2,1H3. The number of nitrogens with one attached hydrogen (secondary N) is 1. The number of hydrogen-bond acceptors (Lipinski definition) is 3. The smallest absolute Gasteiger partial charge is 0.150 e. The molecule has 1 aromatic heterocycles. The van der Waals surface area contributed by atoms with Crippen LogP contribution in [-0.2, 0) is 6.42 Å². The molecule has 3 rings (SSSR count). The van der Waals surface area contributed by atoms with Crippen LogP contribution >= 0.6 is 11.3 Å². The third kappa shape index (κ3) is 2.08. The predicted octanol–water partition coefficient (Wildman–Crippen LogP) is 4.00. The highest BCUT2D eigenvalue weighted by atomic mass is 32.1. The molecule has 0 bridgehead atoms. The lowest BCUT2D eigenvalue weighted by molar-refractivity contribution is 0.214. The van der Waals surface area contributed by atoms with Gasteiger partial charge in [-0.2, -0.15) is 0 Å². The summed E-state index contributed by atoms with van der Waals surface area (Å²) >= 11 is 1.78. The molecule has 94 valence electrons. The summed E-state index contributed by atoms with van der Waals surface area (Å²) in [7, 11) is 0. The maximum atomic E-state index is 13.1. The first-order chi connectivity index (χ1) is 8.76. The van der Waals surface area contributed by atoms with E-state index in [2.05, 4.69) is 24.4 Å². The number of benzene rings is 1. The van der Waals surface area contributed by atoms with Gasteiger partial charge in [-0.15, -0.1) is 11.3 Å². The van der Waals surface area contributed by atoms with Crippen LogP contribution in [0, 0.1) is 5.82 Å². The van der Waals surface area contributed by atoms with E-state index in [0.717, 1.165) is 17.9 Å². The van der Waals surface area contributed by atoms with Crippen LogP contribution in [0.25, 0.3) is 0 Å². The summed E-state index contributed by atoms with van der Waals surface area (Å²) in [5.74, 6) is 0.479. The molecule has 0 aliphatic carbocycles. The normalized spacial score (nSPS) is 17.8. The molecule has 1 unspecified atom stereocenters. The number of anilines is 1. The summed E-state index contributed by atoms with van der Waals surface area (Å²) in [4.78, 5) is 2.58. The van der Waals surface area contributed by atoms with E-state index in [-0.39, 0.29) is 11.9 Å². The van der Waals surface area contributed by atoms with Crippen LogP contribution in [0.2, 0.25) is 0 Å². The highest BCUT2D eigenvalue weighted by Gasteiger charge is 2.22. The van der Waals surface area contributed by atoms with E-state index >= 15 is 0 Å². The van der Waals surface area contributed by atoms with Gasteiger partial charge in [0.1, 0.15) is 11.6 Å². The lowest BCUT2D eigenvalue weighted by Gasteiger charge is -2.26. The lowest BCUT2D eigenvalue weighted by Crippen LogP contribution is -2.22. The number of ether oxygens (including phenoxy) is 1. The molecule has 1 aromatic carbocycles. The Morgan fingerprint density at radius 1 is 1.39 bits per heavy atom. The van der Waals surface area contributed by atoms with E-state index in [1.54, 1.807) is 17.4 Å². The Hall–Kier alpha value is -1.55. The van der Waals surface area contributed by atoms with Crippen LogP contribution in [-0.4, -0.2) is 6.54 Å². The molecule has 0 fully saturated rings. The van der Waals surface area contributed by atoms with E-state index < -0.39 is 0 Å². The summed E-state index contributed by atoms with van der Waals surface area (Å²) in [6.07, 6.45) is 1.07. The van der Waals surface area contributed by atoms with Crippen molar-refractivity contribution >= 4 is 17.0 Å². The monoisotopic (exact) mass is 263 g/mol. The van der Waals surface area contributed by atoms with Crippen LogP contribution in [0.4, 0.5) is 10.1 Å². The van der Waals surface area contributed by atoms with Crippen molar-refractivity contribution in [3.8, 4) is 5.75 Å². The molecule has 2 aromatic rings. The molecule has 1 N–H and O–H groups in total. The minimum absolute atomic E-state index is 0.0215. The third-order valence-corrected chi connectivity index (χ3v) is 4.36. The highest BCUT2D eigenvalue weighted by molar-refractivity contribution is 7.12. The molecule has 0 saturated carbocycles. The van der Waals surface area contributed by atoms with Crippen molar-refractivity contribution in [3.63, 3.8) is 0 Å². The van der Waals surface area contributed by atoms with Gasteiger partial charge >= 0.3 is 0 Å². The first kappa shape index (κ1) is 11.5. The maximum Gasteiger partial charge on any atom is 0.150 e. The van der Waals surface area contributed by atoms with Gasteiger partial charge in [0.25, 0.3) is 0 Å². The summed E-state index contributed by atoms with van der Waals surface area (Å²) in [5, 5.41) is 3.22. The van der Waals surface area contributed by atoms with E-state index in [1.807, 2.05) is 0 Å². The molecule has 2 nitrogen and oxygen atoms in total. The number of thiophene rings is 1. The van der Waals surface area contributed by atoms with Crippen molar-refractivity contribution in [2.75, 3.05) is 11.9 Å². The summed E-state index contributed by atoms with van der Waals surface area (Å²) < 4.78 is 19.0. The van der Waals surface area contributed by atoms with Crippen molar-refractivity contribution in [2.24, 2.45) is 0 Å². The second kappa shape index (κ2) is 4.61. The van der Waals surface area contributed by atoms with E-state index in [4.69, 9.17) is 4.74 Å². The molecule has 2 heterocycles. The summed E-state index contributed by atoms with van der Waals surface area (Å²) in [5.41, 5.74) is 0.735. The fraction of sp³-hybridized carbons (Fsp3) is 0.286. The molecule has 4 heteroatoms. The van der Waals surface area contributed by atoms with E-state index in [1.165, 1.54) is 21.9 Å². The van der Waals surface area contributed by atoms with Crippen molar-refractivity contribution < 1.29 is 9.13 Å². The minimum atomic E-state index is -0.243. The van der Waals surface area contributed by atoms with E-state index in [0.29, 0.717) is 6.54 Å².